The predicted octanol–water partition coefficient (Wildman–Crippen LogP) is 2.23. The first-order chi connectivity index (χ1) is 8.52. The predicted molar refractivity (Wildman–Crippen MR) is 79.2 cm³/mol. The lowest BCUT2D eigenvalue weighted by molar-refractivity contribution is 0.413. The van der Waals surface area contributed by atoms with Crippen LogP contribution in [0.25, 0.3) is 0 Å². The summed E-state index contributed by atoms with van der Waals surface area (Å²) < 4.78 is 5.11. The van der Waals surface area contributed by atoms with Crippen molar-refractivity contribution in [3.63, 3.8) is 0 Å². The van der Waals surface area contributed by atoms with Gasteiger partial charge in [-0.1, -0.05) is 26.1 Å². The zero-order valence-corrected chi connectivity index (χ0v) is 12.0. The Kier molecular flexibility index (Phi) is 5.85. The van der Waals surface area contributed by atoms with Crippen molar-refractivity contribution in [1.29, 1.82) is 0 Å². The van der Waals surface area contributed by atoms with Crippen LogP contribution in [0.1, 0.15) is 20.3 Å². The third-order valence-electron chi connectivity index (χ3n) is 2.49. The van der Waals surface area contributed by atoms with E-state index in [1.165, 1.54) is 0 Å². The van der Waals surface area contributed by atoms with E-state index in [4.69, 9.17) is 22.7 Å². The average Bonchev–Trinajstić information content (AvgIpc) is 2.34. The highest BCUT2D eigenvalue weighted by Crippen LogP contribution is 2.17. The minimum absolute atomic E-state index is 0.539. The molecule has 0 saturated heterocycles. The number of rotatable bonds is 7. The van der Waals surface area contributed by atoms with Crippen molar-refractivity contribution < 1.29 is 4.74 Å². The summed E-state index contributed by atoms with van der Waals surface area (Å²) in [4.78, 5) is 7.13. The van der Waals surface area contributed by atoms with Gasteiger partial charge < -0.3 is 15.4 Å². The molecule has 0 atom stereocenters. The number of pyridine rings is 1. The first kappa shape index (κ1) is 14.7. The van der Waals surface area contributed by atoms with Crippen molar-refractivity contribution >= 4 is 23.0 Å². The number of aromatic nitrogens is 1. The first-order valence-electron chi connectivity index (χ1n) is 6.06. The van der Waals surface area contributed by atoms with Gasteiger partial charge in [-0.05, 0) is 18.1 Å². The van der Waals surface area contributed by atoms with Crippen LogP contribution in [0.3, 0.4) is 0 Å². The van der Waals surface area contributed by atoms with E-state index >= 15 is 0 Å². The van der Waals surface area contributed by atoms with E-state index in [-0.39, 0.29) is 0 Å². The molecule has 1 heterocycles. The largest absolute Gasteiger partial charge is 0.495 e. The minimum atomic E-state index is 0.539. The van der Waals surface area contributed by atoms with E-state index in [2.05, 4.69) is 23.7 Å². The number of hydrogen-bond acceptors (Lipinski definition) is 4. The van der Waals surface area contributed by atoms with E-state index < -0.39 is 0 Å². The number of ether oxygens (including phenoxy) is 1. The summed E-state index contributed by atoms with van der Waals surface area (Å²) >= 11 is 4.93. The highest BCUT2D eigenvalue weighted by atomic mass is 32.1. The second kappa shape index (κ2) is 7.16. The standard InChI is InChI=1S/C13H21N3OS/c1-10(2)9-16(7-6-12(14)18)13-5-4-11(17-3)8-15-13/h4-5,8,10H,6-7,9H2,1-3H3,(H2,14,18). The third-order valence-corrected chi connectivity index (χ3v) is 2.70. The van der Waals surface area contributed by atoms with Crippen molar-refractivity contribution in [3.8, 4) is 5.75 Å². The number of hydrogen-bond donors (Lipinski definition) is 1. The van der Waals surface area contributed by atoms with Gasteiger partial charge >= 0.3 is 0 Å². The van der Waals surface area contributed by atoms with E-state index in [1.807, 2.05) is 12.1 Å². The molecule has 0 spiro atoms. The SMILES string of the molecule is COc1ccc(N(CCC(N)=S)CC(C)C)nc1. The smallest absolute Gasteiger partial charge is 0.137 e. The van der Waals surface area contributed by atoms with Crippen LogP contribution in [-0.4, -0.2) is 30.2 Å². The molecule has 1 aromatic heterocycles. The van der Waals surface area contributed by atoms with E-state index in [0.717, 1.165) is 24.7 Å². The Morgan fingerprint density at radius 3 is 2.67 bits per heavy atom. The number of thiocarbonyl (C=S) groups is 1. The quantitative estimate of drug-likeness (QED) is 0.768. The topological polar surface area (TPSA) is 51.4 Å². The van der Waals surface area contributed by atoms with E-state index in [9.17, 15) is 0 Å². The monoisotopic (exact) mass is 267 g/mol. The number of anilines is 1. The second-order valence-electron chi connectivity index (χ2n) is 4.61. The van der Waals surface area contributed by atoms with Crippen molar-refractivity contribution in [2.75, 3.05) is 25.1 Å². The molecule has 4 nitrogen and oxygen atoms in total. The van der Waals surface area contributed by atoms with Crippen molar-refractivity contribution in [1.82, 2.24) is 4.98 Å². The highest BCUT2D eigenvalue weighted by molar-refractivity contribution is 7.80. The maximum Gasteiger partial charge on any atom is 0.137 e. The summed E-state index contributed by atoms with van der Waals surface area (Å²) in [5, 5.41) is 0. The Hall–Kier alpha value is -1.36. The molecular formula is C13H21N3OS. The van der Waals surface area contributed by atoms with Gasteiger partial charge in [0.25, 0.3) is 0 Å². The maximum absolute atomic E-state index is 5.56. The summed E-state index contributed by atoms with van der Waals surface area (Å²) in [5.41, 5.74) is 5.56. The molecule has 0 fully saturated rings. The maximum atomic E-state index is 5.56. The first-order valence-corrected chi connectivity index (χ1v) is 6.47. The van der Waals surface area contributed by atoms with Crippen LogP contribution >= 0.6 is 12.2 Å². The van der Waals surface area contributed by atoms with Crippen molar-refractivity contribution in [2.24, 2.45) is 11.7 Å². The fourth-order valence-electron chi connectivity index (χ4n) is 1.67. The molecule has 0 aliphatic carbocycles. The number of nitrogens with zero attached hydrogens (tertiary/aromatic N) is 2. The Balaban J connectivity index is 2.76. The van der Waals surface area contributed by atoms with Crippen LogP contribution in [0.15, 0.2) is 18.3 Å². The lowest BCUT2D eigenvalue weighted by atomic mass is 10.2. The van der Waals surface area contributed by atoms with Gasteiger partial charge in [0.2, 0.25) is 0 Å². The molecule has 0 aromatic carbocycles. The molecule has 5 heteroatoms. The molecule has 0 unspecified atom stereocenters. The van der Waals surface area contributed by atoms with E-state index in [0.29, 0.717) is 17.3 Å². The van der Waals surface area contributed by atoms with Gasteiger partial charge in [0.15, 0.2) is 0 Å². The highest BCUT2D eigenvalue weighted by Gasteiger charge is 2.10. The van der Waals surface area contributed by atoms with Gasteiger partial charge in [0, 0.05) is 19.5 Å². The zero-order chi connectivity index (χ0) is 13.5. The van der Waals surface area contributed by atoms with Crippen LogP contribution in [0.4, 0.5) is 5.82 Å². The molecule has 18 heavy (non-hydrogen) atoms. The van der Waals surface area contributed by atoms with E-state index in [1.54, 1.807) is 13.3 Å². The Morgan fingerprint density at radius 2 is 2.22 bits per heavy atom. The Morgan fingerprint density at radius 1 is 1.50 bits per heavy atom. The molecule has 2 N–H and O–H groups in total. The van der Waals surface area contributed by atoms with Crippen LogP contribution in [0, 0.1) is 5.92 Å². The summed E-state index contributed by atoms with van der Waals surface area (Å²) in [7, 11) is 1.63. The summed E-state index contributed by atoms with van der Waals surface area (Å²) in [6.45, 7) is 6.09. The molecule has 0 saturated carbocycles. The molecule has 0 amide bonds. The molecule has 0 aliphatic rings. The summed E-state index contributed by atoms with van der Waals surface area (Å²) in [5.74, 6) is 2.25. The Labute approximate surface area is 114 Å². The second-order valence-corrected chi connectivity index (χ2v) is 5.14. The molecule has 0 radical (unpaired) electrons. The van der Waals surface area contributed by atoms with Crippen LogP contribution in [0.2, 0.25) is 0 Å². The summed E-state index contributed by atoms with van der Waals surface area (Å²) in [6.07, 6.45) is 2.43. The molecule has 1 aromatic rings. The van der Waals surface area contributed by atoms with Gasteiger partial charge in [-0.25, -0.2) is 4.98 Å². The van der Waals surface area contributed by atoms with Crippen LogP contribution in [0.5, 0.6) is 5.75 Å². The molecule has 0 aliphatic heterocycles. The van der Waals surface area contributed by atoms with Gasteiger partial charge in [-0.15, -0.1) is 0 Å². The average molecular weight is 267 g/mol. The fraction of sp³-hybridized carbons (Fsp3) is 0.538. The van der Waals surface area contributed by atoms with Gasteiger partial charge in [0.1, 0.15) is 11.6 Å². The third kappa shape index (κ3) is 4.87. The lowest BCUT2D eigenvalue weighted by Gasteiger charge is -2.25. The molecule has 0 bridgehead atoms. The molecule has 1 rings (SSSR count). The van der Waals surface area contributed by atoms with Crippen molar-refractivity contribution in [3.05, 3.63) is 18.3 Å². The fourth-order valence-corrected chi connectivity index (χ4v) is 1.76. The molecule has 100 valence electrons. The minimum Gasteiger partial charge on any atom is -0.495 e. The normalized spacial score (nSPS) is 10.4. The van der Waals surface area contributed by atoms with Crippen molar-refractivity contribution in [2.45, 2.75) is 20.3 Å². The van der Waals surface area contributed by atoms with Crippen LogP contribution in [-0.2, 0) is 0 Å². The lowest BCUT2D eigenvalue weighted by Crippen LogP contribution is -2.31. The summed E-state index contributed by atoms with van der Waals surface area (Å²) in [6, 6.07) is 3.87. The number of methoxy groups -OCH3 is 1. The van der Waals surface area contributed by atoms with Crippen LogP contribution < -0.4 is 15.4 Å². The Bertz CT molecular complexity index is 378. The molecular weight excluding hydrogens is 246 g/mol. The van der Waals surface area contributed by atoms with Gasteiger partial charge in [-0.2, -0.15) is 0 Å². The number of nitrogens with two attached hydrogens (primary N) is 1. The zero-order valence-electron chi connectivity index (χ0n) is 11.2. The van der Waals surface area contributed by atoms with Gasteiger partial charge in [0.05, 0.1) is 18.3 Å². The van der Waals surface area contributed by atoms with Gasteiger partial charge in [-0.3, -0.25) is 0 Å².